The summed E-state index contributed by atoms with van der Waals surface area (Å²) >= 11 is 0. The molecule has 1 aromatic carbocycles. The molecule has 3 rings (SSSR count). The third-order valence-corrected chi connectivity index (χ3v) is 4.24. The van der Waals surface area contributed by atoms with Gasteiger partial charge in [-0.1, -0.05) is 0 Å². The van der Waals surface area contributed by atoms with Gasteiger partial charge in [-0.25, -0.2) is 9.99 Å². The third kappa shape index (κ3) is 5.05. The smallest absolute Gasteiger partial charge is 0.344 e. The molecule has 2 heterocycles. The van der Waals surface area contributed by atoms with Crippen molar-refractivity contribution in [3.8, 4) is 0 Å². The molecule has 1 aliphatic heterocycles. The van der Waals surface area contributed by atoms with Crippen LogP contribution in [-0.2, 0) is 12.4 Å². The van der Waals surface area contributed by atoms with Crippen molar-refractivity contribution in [2.75, 3.05) is 5.01 Å². The number of halogens is 6. The second-order valence-electron chi connectivity index (χ2n) is 6.67. The van der Waals surface area contributed by atoms with Gasteiger partial charge in [0.05, 0.1) is 17.2 Å². The number of carbonyl (C=O) groups excluding carboxylic acids is 1. The van der Waals surface area contributed by atoms with Gasteiger partial charge in [-0.3, -0.25) is 9.78 Å². The molecule has 1 atom stereocenters. The number of rotatable bonds is 4. The van der Waals surface area contributed by atoms with Crippen molar-refractivity contribution in [1.29, 1.82) is 0 Å². The van der Waals surface area contributed by atoms with E-state index in [1.807, 2.05) is 0 Å². The summed E-state index contributed by atoms with van der Waals surface area (Å²) in [5.41, 5.74) is 2.64. The predicted octanol–water partition coefficient (Wildman–Crippen LogP) is 3.70. The highest BCUT2D eigenvalue weighted by molar-refractivity contribution is 5.95. The van der Waals surface area contributed by atoms with E-state index in [1.165, 1.54) is 24.3 Å². The van der Waals surface area contributed by atoms with Gasteiger partial charge in [-0.05, 0) is 32.0 Å². The fraction of sp³-hybridized carbons (Fsp3) is 0.278. The van der Waals surface area contributed by atoms with Gasteiger partial charge in [0.1, 0.15) is 5.69 Å². The zero-order valence-electron chi connectivity index (χ0n) is 16.1. The second-order valence-corrected chi connectivity index (χ2v) is 6.67. The van der Waals surface area contributed by atoms with Crippen molar-refractivity contribution < 1.29 is 31.1 Å². The summed E-state index contributed by atoms with van der Waals surface area (Å²) in [5, 5.41) is 3.84. The summed E-state index contributed by atoms with van der Waals surface area (Å²) < 4.78 is 78.3. The lowest BCUT2D eigenvalue weighted by atomic mass is 10.0. The van der Waals surface area contributed by atoms with Gasteiger partial charge in [0.2, 0.25) is 0 Å². The predicted molar refractivity (Wildman–Crippen MR) is 96.9 cm³/mol. The molecule has 0 saturated carbocycles. The van der Waals surface area contributed by atoms with Gasteiger partial charge >= 0.3 is 12.4 Å². The number of carbonyl (C=O) groups is 1. The fourth-order valence-electron chi connectivity index (χ4n) is 2.79. The van der Waals surface area contributed by atoms with Crippen LogP contribution in [0.1, 0.15) is 47.1 Å². The molecular formula is C18H16F6N6O. The molecule has 0 saturated heterocycles. The molecule has 0 aliphatic carbocycles. The number of amides is 1. The highest BCUT2D eigenvalue weighted by Gasteiger charge is 2.37. The monoisotopic (exact) mass is 446 g/mol. The van der Waals surface area contributed by atoms with Crippen molar-refractivity contribution in [2.45, 2.75) is 32.2 Å². The molecule has 1 amide bonds. The van der Waals surface area contributed by atoms with E-state index in [9.17, 15) is 31.1 Å². The van der Waals surface area contributed by atoms with Crippen LogP contribution in [-0.4, -0.2) is 15.9 Å². The highest BCUT2D eigenvalue weighted by atomic mass is 19.4. The topological polar surface area (TPSA) is 82.2 Å². The number of nitrogens with one attached hydrogen (secondary N) is 3. The lowest BCUT2D eigenvalue weighted by Gasteiger charge is -2.21. The molecule has 0 fully saturated rings. The van der Waals surface area contributed by atoms with Gasteiger partial charge in [-0.2, -0.15) is 26.3 Å². The maximum atomic E-state index is 13.0. The number of alkyl halides is 6. The maximum Gasteiger partial charge on any atom is 0.416 e. The van der Waals surface area contributed by atoms with Crippen LogP contribution in [0.2, 0.25) is 0 Å². The van der Waals surface area contributed by atoms with Crippen LogP contribution in [0.15, 0.2) is 42.5 Å². The maximum absolute atomic E-state index is 13.0. The summed E-state index contributed by atoms with van der Waals surface area (Å²) in [6, 6.07) is -0.196. The van der Waals surface area contributed by atoms with E-state index in [1.54, 1.807) is 13.1 Å². The lowest BCUT2D eigenvalue weighted by Crippen LogP contribution is -2.38. The molecule has 13 heteroatoms. The minimum atomic E-state index is -5.06. The van der Waals surface area contributed by atoms with Gasteiger partial charge in [0, 0.05) is 29.9 Å². The second kappa shape index (κ2) is 8.06. The molecule has 2 aromatic rings. The minimum Gasteiger partial charge on any atom is -0.344 e. The number of anilines is 1. The standard InChI is InChI=1S/C18H16F6N6O/c1-9-8-30(29-28-9)15-14(25-3-4-26-15)10(2)27-16(31)11-5-12(17(19,20)21)7-13(6-11)18(22,23)24/h3-8,10,28-29H,1-2H3,(H,27,31). The molecule has 0 radical (unpaired) electrons. The van der Waals surface area contributed by atoms with E-state index < -0.39 is 41.0 Å². The van der Waals surface area contributed by atoms with Crippen LogP contribution in [0.3, 0.4) is 0 Å². The average Bonchev–Trinajstić information content (AvgIpc) is 3.12. The summed E-state index contributed by atoms with van der Waals surface area (Å²) in [5.74, 6) is -0.848. The van der Waals surface area contributed by atoms with Crippen molar-refractivity contribution in [3.05, 3.63) is 64.9 Å². The van der Waals surface area contributed by atoms with Crippen LogP contribution in [0.5, 0.6) is 0 Å². The van der Waals surface area contributed by atoms with Gasteiger partial charge in [-0.15, -0.1) is 5.53 Å². The van der Waals surface area contributed by atoms with Crippen LogP contribution in [0, 0.1) is 0 Å². The van der Waals surface area contributed by atoms with Crippen molar-refractivity contribution in [2.24, 2.45) is 0 Å². The Morgan fingerprint density at radius 1 is 1.03 bits per heavy atom. The molecular weight excluding hydrogens is 430 g/mol. The Bertz CT molecular complexity index is 987. The van der Waals surface area contributed by atoms with Gasteiger partial charge in [0.25, 0.3) is 5.91 Å². The summed E-state index contributed by atoms with van der Waals surface area (Å²) in [6.07, 6.45) is -5.74. The van der Waals surface area contributed by atoms with E-state index in [-0.39, 0.29) is 17.6 Å². The van der Waals surface area contributed by atoms with Gasteiger partial charge in [0.15, 0.2) is 5.82 Å². The Kier molecular flexibility index (Phi) is 5.81. The molecule has 1 unspecified atom stereocenters. The Morgan fingerprint density at radius 2 is 1.61 bits per heavy atom. The average molecular weight is 446 g/mol. The fourth-order valence-corrected chi connectivity index (χ4v) is 2.79. The normalized spacial score (nSPS) is 15.4. The quantitative estimate of drug-likeness (QED) is 0.622. The van der Waals surface area contributed by atoms with Crippen molar-refractivity contribution >= 4 is 11.7 Å². The molecule has 1 aliphatic rings. The number of hydrogen-bond acceptors (Lipinski definition) is 6. The molecule has 166 valence electrons. The number of benzene rings is 1. The number of hydrazine groups is 2. The third-order valence-electron chi connectivity index (χ3n) is 4.24. The molecule has 3 N–H and O–H groups in total. The number of nitrogens with zero attached hydrogens (tertiary/aromatic N) is 3. The van der Waals surface area contributed by atoms with Crippen LogP contribution in [0.25, 0.3) is 0 Å². The number of aromatic nitrogens is 2. The van der Waals surface area contributed by atoms with Crippen LogP contribution in [0.4, 0.5) is 32.2 Å². The SMILES string of the molecule is CC1=CN(c2nccnc2C(C)NC(=O)c2cc(C(F)(F)F)cc(C(F)(F)F)c2)NN1. The molecule has 31 heavy (non-hydrogen) atoms. The molecule has 0 bridgehead atoms. The Hall–Kier alpha value is -3.35. The van der Waals surface area contributed by atoms with Gasteiger partial charge < -0.3 is 10.7 Å². The molecule has 0 spiro atoms. The Labute approximate surface area is 172 Å². The Balaban J connectivity index is 1.90. The van der Waals surface area contributed by atoms with Crippen molar-refractivity contribution in [3.63, 3.8) is 0 Å². The zero-order chi connectivity index (χ0) is 23.0. The van der Waals surface area contributed by atoms with E-state index in [0.717, 1.165) is 5.70 Å². The van der Waals surface area contributed by atoms with E-state index in [2.05, 4.69) is 26.2 Å². The summed E-state index contributed by atoms with van der Waals surface area (Å²) in [7, 11) is 0. The van der Waals surface area contributed by atoms with E-state index >= 15 is 0 Å². The lowest BCUT2D eigenvalue weighted by molar-refractivity contribution is -0.143. The first-order chi connectivity index (χ1) is 14.4. The summed E-state index contributed by atoms with van der Waals surface area (Å²) in [4.78, 5) is 20.8. The van der Waals surface area contributed by atoms with E-state index in [0.29, 0.717) is 12.1 Å². The zero-order valence-corrected chi connectivity index (χ0v) is 16.1. The highest BCUT2D eigenvalue weighted by Crippen LogP contribution is 2.36. The first-order valence-corrected chi connectivity index (χ1v) is 8.77. The number of allylic oxidation sites excluding steroid dienone is 1. The minimum absolute atomic E-state index is 0.0400. The van der Waals surface area contributed by atoms with E-state index in [4.69, 9.17) is 0 Å². The molecule has 1 aromatic heterocycles. The number of hydrogen-bond donors (Lipinski definition) is 3. The largest absolute Gasteiger partial charge is 0.416 e. The van der Waals surface area contributed by atoms with Crippen LogP contribution >= 0.6 is 0 Å². The first kappa shape index (κ1) is 22.3. The molecule has 7 nitrogen and oxygen atoms in total. The van der Waals surface area contributed by atoms with Crippen molar-refractivity contribution in [1.82, 2.24) is 26.2 Å². The first-order valence-electron chi connectivity index (χ1n) is 8.77. The van der Waals surface area contributed by atoms with Crippen LogP contribution < -0.4 is 21.3 Å². The Morgan fingerprint density at radius 3 is 2.13 bits per heavy atom. The summed E-state index contributed by atoms with van der Waals surface area (Å²) in [6.45, 7) is 3.24.